The number of nitrogens with one attached hydrogen (secondary N) is 1. The Morgan fingerprint density at radius 2 is 1.95 bits per heavy atom. The summed E-state index contributed by atoms with van der Waals surface area (Å²) in [5.74, 6) is 1.45. The molecule has 0 fully saturated rings. The molecule has 2 nitrogen and oxygen atoms in total. The summed E-state index contributed by atoms with van der Waals surface area (Å²) in [4.78, 5) is 0. The van der Waals surface area contributed by atoms with Crippen LogP contribution in [-0.2, 0) is 11.2 Å². The predicted molar refractivity (Wildman–Crippen MR) is 82.6 cm³/mol. The molecule has 0 aromatic heterocycles. The van der Waals surface area contributed by atoms with Gasteiger partial charge in [0, 0.05) is 13.7 Å². The van der Waals surface area contributed by atoms with Crippen LogP contribution in [0.25, 0.3) is 0 Å². The van der Waals surface area contributed by atoms with Crippen LogP contribution in [0.5, 0.6) is 0 Å². The van der Waals surface area contributed by atoms with Crippen LogP contribution in [0.4, 0.5) is 0 Å². The smallest absolute Gasteiger partial charge is 0.0587 e. The first kappa shape index (κ1) is 16.2. The number of aryl methyl sites for hydroxylation is 1. The summed E-state index contributed by atoms with van der Waals surface area (Å²) in [5.41, 5.74) is 2.90. The summed E-state index contributed by atoms with van der Waals surface area (Å²) >= 11 is 0. The highest BCUT2D eigenvalue weighted by Gasteiger charge is 2.12. The third kappa shape index (κ3) is 6.74. The number of methoxy groups -OCH3 is 1. The molecule has 0 saturated carbocycles. The van der Waals surface area contributed by atoms with E-state index in [-0.39, 0.29) is 0 Å². The van der Waals surface area contributed by atoms with E-state index >= 15 is 0 Å². The van der Waals surface area contributed by atoms with E-state index < -0.39 is 0 Å². The molecule has 0 radical (unpaired) electrons. The van der Waals surface area contributed by atoms with Crippen molar-refractivity contribution >= 4 is 0 Å². The molecule has 1 unspecified atom stereocenters. The molecule has 1 N–H and O–H groups in total. The first-order valence-corrected chi connectivity index (χ1v) is 7.37. The molecule has 2 heteroatoms. The number of hydrogen-bond acceptors (Lipinski definition) is 2. The molecule has 1 rings (SSSR count). The summed E-state index contributed by atoms with van der Waals surface area (Å²) in [7, 11) is 1.75. The van der Waals surface area contributed by atoms with E-state index in [1.165, 1.54) is 24.0 Å². The average Bonchev–Trinajstić information content (AvgIpc) is 2.36. The van der Waals surface area contributed by atoms with Crippen LogP contribution in [-0.4, -0.2) is 26.8 Å². The largest absolute Gasteiger partial charge is 0.383 e. The van der Waals surface area contributed by atoms with Gasteiger partial charge in [0.05, 0.1) is 6.61 Å². The van der Waals surface area contributed by atoms with Crippen molar-refractivity contribution in [3.8, 4) is 0 Å². The third-order valence-electron chi connectivity index (χ3n) is 3.49. The maximum absolute atomic E-state index is 5.08. The van der Waals surface area contributed by atoms with Gasteiger partial charge in [0.1, 0.15) is 0 Å². The van der Waals surface area contributed by atoms with Gasteiger partial charge < -0.3 is 10.1 Å². The molecule has 0 spiro atoms. The Balaban J connectivity index is 2.51. The molecule has 1 aromatic rings. The van der Waals surface area contributed by atoms with Crippen LogP contribution >= 0.6 is 0 Å². The van der Waals surface area contributed by atoms with E-state index in [1.807, 2.05) is 0 Å². The topological polar surface area (TPSA) is 21.3 Å². The highest BCUT2D eigenvalue weighted by molar-refractivity contribution is 5.25. The van der Waals surface area contributed by atoms with E-state index in [2.05, 4.69) is 50.4 Å². The zero-order chi connectivity index (χ0) is 14.1. The monoisotopic (exact) mass is 263 g/mol. The zero-order valence-electron chi connectivity index (χ0n) is 12.9. The van der Waals surface area contributed by atoms with E-state index in [9.17, 15) is 0 Å². The summed E-state index contributed by atoms with van der Waals surface area (Å²) in [5, 5.41) is 3.51. The highest BCUT2D eigenvalue weighted by Crippen LogP contribution is 2.19. The fourth-order valence-electron chi connectivity index (χ4n) is 2.54. The lowest BCUT2D eigenvalue weighted by Crippen LogP contribution is -2.28. The van der Waals surface area contributed by atoms with Crippen LogP contribution in [0.3, 0.4) is 0 Å². The Labute approximate surface area is 118 Å². The molecule has 0 aliphatic rings. The van der Waals surface area contributed by atoms with E-state index in [0.29, 0.717) is 5.92 Å². The lowest BCUT2D eigenvalue weighted by atomic mass is 9.89. The third-order valence-corrected chi connectivity index (χ3v) is 3.49. The van der Waals surface area contributed by atoms with Crippen LogP contribution in [0.2, 0.25) is 0 Å². The van der Waals surface area contributed by atoms with Crippen LogP contribution in [0.1, 0.15) is 31.4 Å². The van der Waals surface area contributed by atoms with Crippen molar-refractivity contribution in [2.45, 2.75) is 33.6 Å². The Morgan fingerprint density at radius 3 is 2.58 bits per heavy atom. The molecule has 108 valence electrons. The standard InChI is InChI=1S/C17H29NO/c1-14(2)11-16(13-18-9-10-19-4)12-17-8-6-5-7-15(17)3/h5-8,14,16,18H,9-13H2,1-4H3. The molecular formula is C17H29NO. The maximum atomic E-state index is 5.08. The second-order valence-electron chi connectivity index (χ2n) is 5.82. The van der Waals surface area contributed by atoms with E-state index in [0.717, 1.165) is 25.6 Å². The quantitative estimate of drug-likeness (QED) is 0.689. The molecule has 1 atom stereocenters. The summed E-state index contributed by atoms with van der Waals surface area (Å²) in [6.07, 6.45) is 2.44. The minimum absolute atomic E-state index is 0.706. The van der Waals surface area contributed by atoms with Gasteiger partial charge >= 0.3 is 0 Å². The van der Waals surface area contributed by atoms with Crippen molar-refractivity contribution in [2.75, 3.05) is 26.8 Å². The average molecular weight is 263 g/mol. The van der Waals surface area contributed by atoms with Gasteiger partial charge in [0.25, 0.3) is 0 Å². The van der Waals surface area contributed by atoms with Crippen molar-refractivity contribution in [3.05, 3.63) is 35.4 Å². The van der Waals surface area contributed by atoms with Crippen LogP contribution in [0.15, 0.2) is 24.3 Å². The molecule has 19 heavy (non-hydrogen) atoms. The van der Waals surface area contributed by atoms with Gasteiger partial charge in [0.15, 0.2) is 0 Å². The fourth-order valence-corrected chi connectivity index (χ4v) is 2.54. The van der Waals surface area contributed by atoms with Gasteiger partial charge in [-0.3, -0.25) is 0 Å². The molecule has 0 aliphatic heterocycles. The Bertz CT molecular complexity index is 349. The van der Waals surface area contributed by atoms with Crippen LogP contribution < -0.4 is 5.32 Å². The molecular weight excluding hydrogens is 234 g/mol. The Morgan fingerprint density at radius 1 is 1.21 bits per heavy atom. The summed E-state index contributed by atoms with van der Waals surface area (Å²) < 4.78 is 5.08. The molecule has 0 amide bonds. The number of ether oxygens (including phenoxy) is 1. The Kier molecular flexibility index (Phi) is 7.76. The number of hydrogen-bond donors (Lipinski definition) is 1. The number of rotatable bonds is 9. The molecule has 0 bridgehead atoms. The Hall–Kier alpha value is -0.860. The molecule has 1 aromatic carbocycles. The lowest BCUT2D eigenvalue weighted by Gasteiger charge is -2.20. The first-order chi connectivity index (χ1) is 9.13. The van der Waals surface area contributed by atoms with Crippen molar-refractivity contribution in [1.29, 1.82) is 0 Å². The number of benzene rings is 1. The van der Waals surface area contributed by atoms with Crippen molar-refractivity contribution in [3.63, 3.8) is 0 Å². The van der Waals surface area contributed by atoms with Gasteiger partial charge in [0.2, 0.25) is 0 Å². The fraction of sp³-hybridized carbons (Fsp3) is 0.647. The van der Waals surface area contributed by atoms with Crippen molar-refractivity contribution < 1.29 is 4.74 Å². The highest BCUT2D eigenvalue weighted by atomic mass is 16.5. The van der Waals surface area contributed by atoms with Gasteiger partial charge in [-0.25, -0.2) is 0 Å². The van der Waals surface area contributed by atoms with Crippen LogP contribution in [0, 0.1) is 18.8 Å². The predicted octanol–water partition coefficient (Wildman–Crippen LogP) is 3.44. The van der Waals surface area contributed by atoms with Gasteiger partial charge in [-0.15, -0.1) is 0 Å². The normalized spacial score (nSPS) is 12.9. The second-order valence-corrected chi connectivity index (χ2v) is 5.82. The van der Waals surface area contributed by atoms with E-state index in [4.69, 9.17) is 4.74 Å². The van der Waals surface area contributed by atoms with Gasteiger partial charge in [-0.05, 0) is 49.3 Å². The minimum atomic E-state index is 0.706. The first-order valence-electron chi connectivity index (χ1n) is 7.37. The minimum Gasteiger partial charge on any atom is -0.383 e. The molecule has 0 heterocycles. The van der Waals surface area contributed by atoms with E-state index in [1.54, 1.807) is 7.11 Å². The summed E-state index contributed by atoms with van der Waals surface area (Å²) in [6, 6.07) is 8.73. The molecule has 0 aliphatic carbocycles. The second kappa shape index (κ2) is 9.11. The van der Waals surface area contributed by atoms with Gasteiger partial charge in [-0.1, -0.05) is 38.1 Å². The van der Waals surface area contributed by atoms with Gasteiger partial charge in [-0.2, -0.15) is 0 Å². The van der Waals surface area contributed by atoms with Crippen molar-refractivity contribution in [2.24, 2.45) is 11.8 Å². The molecule has 0 saturated heterocycles. The van der Waals surface area contributed by atoms with Crippen molar-refractivity contribution in [1.82, 2.24) is 5.32 Å². The lowest BCUT2D eigenvalue weighted by molar-refractivity contribution is 0.197. The maximum Gasteiger partial charge on any atom is 0.0587 e. The summed E-state index contributed by atoms with van der Waals surface area (Å²) in [6.45, 7) is 9.63. The zero-order valence-corrected chi connectivity index (χ0v) is 12.9. The SMILES string of the molecule is COCCNCC(Cc1ccccc1C)CC(C)C.